The minimum absolute atomic E-state index is 0.184. The van der Waals surface area contributed by atoms with Gasteiger partial charge in [0.15, 0.2) is 0 Å². The predicted octanol–water partition coefficient (Wildman–Crippen LogP) is 2.70. The summed E-state index contributed by atoms with van der Waals surface area (Å²) in [5.74, 6) is 0.433. The topological polar surface area (TPSA) is 63.8 Å². The first-order chi connectivity index (χ1) is 7.65. The number of hydrogen-bond donors (Lipinski definition) is 2. The van der Waals surface area contributed by atoms with Crippen molar-refractivity contribution in [1.82, 2.24) is 9.97 Å². The third-order valence-corrected chi connectivity index (χ3v) is 2.52. The van der Waals surface area contributed by atoms with Crippen LogP contribution >= 0.6 is 15.9 Å². The monoisotopic (exact) mass is 282 g/mol. The Morgan fingerprint density at radius 1 is 1.31 bits per heavy atom. The van der Waals surface area contributed by atoms with Gasteiger partial charge in [-0.15, -0.1) is 0 Å². The molecule has 0 saturated carbocycles. The molecule has 2 rings (SSSR count). The van der Waals surface area contributed by atoms with E-state index in [2.05, 4.69) is 31.2 Å². The van der Waals surface area contributed by atoms with Gasteiger partial charge < -0.3 is 11.1 Å². The molecule has 0 unspecified atom stereocenters. The largest absolute Gasteiger partial charge is 0.368 e. The van der Waals surface area contributed by atoms with E-state index in [1.165, 1.54) is 12.1 Å². The number of rotatable bonds is 2. The molecule has 0 bridgehead atoms. The van der Waals surface area contributed by atoms with Crippen molar-refractivity contribution in [2.45, 2.75) is 0 Å². The van der Waals surface area contributed by atoms with Crippen molar-refractivity contribution >= 4 is 33.4 Å². The number of nitrogen functional groups attached to an aromatic ring is 1. The molecular weight excluding hydrogens is 275 g/mol. The van der Waals surface area contributed by atoms with Crippen LogP contribution in [0.4, 0.5) is 21.8 Å². The van der Waals surface area contributed by atoms with Gasteiger partial charge in [-0.25, -0.2) is 9.37 Å². The standard InChI is InChI=1S/C10H8BrFN4/c11-7-5-6(12)1-2-8(7)15-9-3-4-14-10(13)16-9/h1-5H,(H3,13,14,15,16). The Bertz CT molecular complexity index is 518. The zero-order valence-corrected chi connectivity index (χ0v) is 9.70. The highest BCUT2D eigenvalue weighted by Crippen LogP contribution is 2.25. The number of benzene rings is 1. The quantitative estimate of drug-likeness (QED) is 0.889. The van der Waals surface area contributed by atoms with Crippen LogP contribution in [0.15, 0.2) is 34.9 Å². The van der Waals surface area contributed by atoms with E-state index >= 15 is 0 Å². The first-order valence-electron chi connectivity index (χ1n) is 4.46. The molecule has 0 saturated heterocycles. The van der Waals surface area contributed by atoms with Crippen LogP contribution in [0.2, 0.25) is 0 Å². The molecule has 0 fully saturated rings. The number of nitrogens with two attached hydrogens (primary N) is 1. The fraction of sp³-hybridized carbons (Fsp3) is 0. The molecule has 3 N–H and O–H groups in total. The van der Waals surface area contributed by atoms with E-state index in [9.17, 15) is 4.39 Å². The number of hydrogen-bond acceptors (Lipinski definition) is 4. The molecule has 0 aliphatic heterocycles. The maximum atomic E-state index is 12.8. The normalized spacial score (nSPS) is 10.1. The second-order valence-electron chi connectivity index (χ2n) is 3.05. The molecule has 1 aromatic heterocycles. The van der Waals surface area contributed by atoms with Gasteiger partial charge in [-0.05, 0) is 40.2 Å². The van der Waals surface area contributed by atoms with Crippen molar-refractivity contribution in [3.8, 4) is 0 Å². The number of nitrogens with zero attached hydrogens (tertiary/aromatic N) is 2. The van der Waals surface area contributed by atoms with Gasteiger partial charge in [0.1, 0.15) is 11.6 Å². The van der Waals surface area contributed by atoms with Gasteiger partial charge in [-0.1, -0.05) is 0 Å². The molecule has 0 aliphatic rings. The Balaban J connectivity index is 2.27. The van der Waals surface area contributed by atoms with Gasteiger partial charge in [0.2, 0.25) is 5.95 Å². The molecule has 0 atom stereocenters. The third-order valence-electron chi connectivity index (χ3n) is 1.87. The average molecular weight is 283 g/mol. The SMILES string of the molecule is Nc1nccc(Nc2ccc(F)cc2Br)n1. The van der Waals surface area contributed by atoms with Crippen molar-refractivity contribution in [3.63, 3.8) is 0 Å². The Morgan fingerprint density at radius 3 is 2.81 bits per heavy atom. The van der Waals surface area contributed by atoms with Crippen LogP contribution in [-0.4, -0.2) is 9.97 Å². The lowest BCUT2D eigenvalue weighted by Gasteiger charge is -2.07. The van der Waals surface area contributed by atoms with Crippen molar-refractivity contribution in [3.05, 3.63) is 40.8 Å². The summed E-state index contributed by atoms with van der Waals surface area (Å²) in [4.78, 5) is 7.75. The molecule has 1 heterocycles. The Kier molecular flexibility index (Phi) is 3.00. The summed E-state index contributed by atoms with van der Waals surface area (Å²) in [6.07, 6.45) is 1.54. The summed E-state index contributed by atoms with van der Waals surface area (Å²) in [6.45, 7) is 0. The summed E-state index contributed by atoms with van der Waals surface area (Å²) in [5, 5.41) is 3.00. The van der Waals surface area contributed by atoms with E-state index in [1.54, 1.807) is 18.3 Å². The molecule has 0 spiro atoms. The Morgan fingerprint density at radius 2 is 2.12 bits per heavy atom. The highest BCUT2D eigenvalue weighted by atomic mass is 79.9. The highest BCUT2D eigenvalue weighted by molar-refractivity contribution is 9.10. The molecule has 0 amide bonds. The van der Waals surface area contributed by atoms with Crippen LogP contribution in [-0.2, 0) is 0 Å². The molecule has 1 aromatic carbocycles. The van der Waals surface area contributed by atoms with Gasteiger partial charge in [0.25, 0.3) is 0 Å². The average Bonchev–Trinajstić information content (AvgIpc) is 2.22. The highest BCUT2D eigenvalue weighted by Gasteiger charge is 2.02. The van der Waals surface area contributed by atoms with E-state index in [0.29, 0.717) is 16.0 Å². The summed E-state index contributed by atoms with van der Waals surface area (Å²) in [7, 11) is 0. The minimum Gasteiger partial charge on any atom is -0.368 e. The minimum atomic E-state index is -0.306. The summed E-state index contributed by atoms with van der Waals surface area (Å²) in [6, 6.07) is 6.01. The van der Waals surface area contributed by atoms with Gasteiger partial charge in [-0.2, -0.15) is 4.98 Å². The lowest BCUT2D eigenvalue weighted by molar-refractivity contribution is 0.627. The fourth-order valence-electron chi connectivity index (χ4n) is 1.17. The number of anilines is 3. The number of aromatic nitrogens is 2. The second-order valence-corrected chi connectivity index (χ2v) is 3.90. The lowest BCUT2D eigenvalue weighted by Crippen LogP contribution is -1.99. The zero-order chi connectivity index (χ0) is 11.5. The van der Waals surface area contributed by atoms with Crippen molar-refractivity contribution in [1.29, 1.82) is 0 Å². The smallest absolute Gasteiger partial charge is 0.221 e. The molecule has 0 radical (unpaired) electrons. The van der Waals surface area contributed by atoms with Gasteiger partial charge >= 0.3 is 0 Å². The number of halogens is 2. The molecule has 16 heavy (non-hydrogen) atoms. The van der Waals surface area contributed by atoms with Crippen LogP contribution in [0.25, 0.3) is 0 Å². The Hall–Kier alpha value is -1.69. The molecule has 2 aromatic rings. The van der Waals surface area contributed by atoms with Crippen LogP contribution in [0.1, 0.15) is 0 Å². The maximum Gasteiger partial charge on any atom is 0.221 e. The second kappa shape index (κ2) is 4.44. The Labute approximate surface area is 99.9 Å². The molecule has 0 aliphatic carbocycles. The summed E-state index contributed by atoms with van der Waals surface area (Å²) >= 11 is 3.25. The first-order valence-corrected chi connectivity index (χ1v) is 5.25. The summed E-state index contributed by atoms with van der Waals surface area (Å²) in [5.41, 5.74) is 6.15. The molecule has 6 heteroatoms. The first kappa shape index (κ1) is 10.8. The van der Waals surface area contributed by atoms with E-state index in [1.807, 2.05) is 0 Å². The van der Waals surface area contributed by atoms with Crippen LogP contribution in [0.5, 0.6) is 0 Å². The molecule has 4 nitrogen and oxygen atoms in total. The van der Waals surface area contributed by atoms with Crippen LogP contribution in [0, 0.1) is 5.82 Å². The van der Waals surface area contributed by atoms with Gasteiger partial charge in [0.05, 0.1) is 5.69 Å². The van der Waals surface area contributed by atoms with Gasteiger partial charge in [-0.3, -0.25) is 0 Å². The molecular formula is C10H8BrFN4. The predicted molar refractivity (Wildman–Crippen MR) is 63.8 cm³/mol. The maximum absolute atomic E-state index is 12.8. The molecule has 82 valence electrons. The van der Waals surface area contributed by atoms with E-state index < -0.39 is 0 Å². The van der Waals surface area contributed by atoms with E-state index in [0.717, 1.165) is 0 Å². The number of nitrogens with one attached hydrogen (secondary N) is 1. The van der Waals surface area contributed by atoms with Crippen molar-refractivity contribution in [2.24, 2.45) is 0 Å². The summed E-state index contributed by atoms with van der Waals surface area (Å²) < 4.78 is 13.5. The fourth-order valence-corrected chi connectivity index (χ4v) is 1.62. The van der Waals surface area contributed by atoms with Gasteiger partial charge in [0, 0.05) is 10.7 Å². The van der Waals surface area contributed by atoms with E-state index in [-0.39, 0.29) is 11.8 Å². The van der Waals surface area contributed by atoms with Crippen molar-refractivity contribution < 1.29 is 4.39 Å². The van der Waals surface area contributed by atoms with E-state index in [4.69, 9.17) is 5.73 Å². The lowest BCUT2D eigenvalue weighted by atomic mass is 10.3. The van der Waals surface area contributed by atoms with Crippen LogP contribution < -0.4 is 11.1 Å². The van der Waals surface area contributed by atoms with Crippen molar-refractivity contribution in [2.75, 3.05) is 11.1 Å². The third kappa shape index (κ3) is 2.46. The zero-order valence-electron chi connectivity index (χ0n) is 8.11. The van der Waals surface area contributed by atoms with Crippen LogP contribution in [0.3, 0.4) is 0 Å².